The highest BCUT2D eigenvalue weighted by Crippen LogP contribution is 2.32. The molecule has 0 heterocycles. The number of benzene rings is 1. The minimum Gasteiger partial charge on any atom is -0.398 e. The van der Waals surface area contributed by atoms with Crippen LogP contribution in [0.15, 0.2) is 23.1 Å². The third-order valence-electron chi connectivity index (χ3n) is 2.45. The van der Waals surface area contributed by atoms with Gasteiger partial charge in [0.15, 0.2) is 0 Å². The van der Waals surface area contributed by atoms with Crippen LogP contribution in [-0.2, 0) is 4.79 Å². The van der Waals surface area contributed by atoms with E-state index in [-0.39, 0.29) is 5.91 Å². The summed E-state index contributed by atoms with van der Waals surface area (Å²) in [5.74, 6) is 0.481. The molecule has 1 aromatic rings. The predicted molar refractivity (Wildman–Crippen MR) is 74.5 cm³/mol. The Morgan fingerprint density at radius 1 is 1.41 bits per heavy atom. The van der Waals surface area contributed by atoms with Crippen molar-refractivity contribution in [2.75, 3.05) is 24.6 Å². The van der Waals surface area contributed by atoms with Crippen LogP contribution in [0.3, 0.4) is 0 Å². The average molecular weight is 273 g/mol. The van der Waals surface area contributed by atoms with Crippen molar-refractivity contribution in [3.8, 4) is 0 Å². The third kappa shape index (κ3) is 3.82. The maximum Gasteiger partial charge on any atom is 0.232 e. The van der Waals surface area contributed by atoms with Gasteiger partial charge in [-0.15, -0.1) is 11.8 Å². The van der Waals surface area contributed by atoms with E-state index in [1.165, 1.54) is 11.8 Å². The molecule has 1 rings (SSSR count). The highest BCUT2D eigenvalue weighted by molar-refractivity contribution is 8.00. The first-order valence-electron chi connectivity index (χ1n) is 5.54. The van der Waals surface area contributed by atoms with E-state index in [4.69, 9.17) is 17.3 Å². The molecule has 0 aliphatic carbocycles. The van der Waals surface area contributed by atoms with Crippen LogP contribution in [0.5, 0.6) is 0 Å². The quantitative estimate of drug-likeness (QED) is 0.662. The summed E-state index contributed by atoms with van der Waals surface area (Å²) in [4.78, 5) is 14.4. The number of rotatable bonds is 5. The Morgan fingerprint density at radius 3 is 2.59 bits per heavy atom. The fourth-order valence-corrected chi connectivity index (χ4v) is 2.72. The molecule has 17 heavy (non-hydrogen) atoms. The van der Waals surface area contributed by atoms with Crippen molar-refractivity contribution in [2.45, 2.75) is 18.7 Å². The van der Waals surface area contributed by atoms with E-state index in [1.807, 2.05) is 13.8 Å². The zero-order valence-electron chi connectivity index (χ0n) is 10.1. The van der Waals surface area contributed by atoms with Gasteiger partial charge in [0, 0.05) is 23.7 Å². The van der Waals surface area contributed by atoms with E-state index in [0.717, 1.165) is 18.0 Å². The first kappa shape index (κ1) is 14.2. The van der Waals surface area contributed by atoms with E-state index >= 15 is 0 Å². The van der Waals surface area contributed by atoms with E-state index in [2.05, 4.69) is 0 Å². The molecule has 0 bridgehead atoms. The third-order valence-corrected chi connectivity index (χ3v) is 4.02. The lowest BCUT2D eigenvalue weighted by Crippen LogP contribution is -2.31. The lowest BCUT2D eigenvalue weighted by atomic mass is 10.3. The summed E-state index contributed by atoms with van der Waals surface area (Å²) >= 11 is 7.43. The molecule has 0 aliphatic heterocycles. The van der Waals surface area contributed by atoms with E-state index in [9.17, 15) is 4.79 Å². The van der Waals surface area contributed by atoms with Gasteiger partial charge < -0.3 is 10.6 Å². The maximum absolute atomic E-state index is 11.8. The summed E-state index contributed by atoms with van der Waals surface area (Å²) in [6, 6.07) is 5.37. The molecule has 3 nitrogen and oxygen atoms in total. The molecule has 0 radical (unpaired) electrons. The predicted octanol–water partition coefficient (Wildman–Crippen LogP) is 2.88. The number of nitrogen functional groups attached to an aromatic ring is 1. The normalized spacial score (nSPS) is 10.3. The molecule has 0 fully saturated rings. The Bertz CT molecular complexity index is 374. The van der Waals surface area contributed by atoms with Crippen molar-refractivity contribution in [1.29, 1.82) is 0 Å². The van der Waals surface area contributed by atoms with Gasteiger partial charge in [-0.3, -0.25) is 4.79 Å². The van der Waals surface area contributed by atoms with Gasteiger partial charge in [-0.05, 0) is 26.0 Å². The Labute approximate surface area is 111 Å². The van der Waals surface area contributed by atoms with E-state index < -0.39 is 0 Å². The van der Waals surface area contributed by atoms with Crippen molar-refractivity contribution in [2.24, 2.45) is 0 Å². The molecule has 5 heteroatoms. The van der Waals surface area contributed by atoms with Crippen LogP contribution in [-0.4, -0.2) is 29.6 Å². The molecular weight excluding hydrogens is 256 g/mol. The number of anilines is 1. The van der Waals surface area contributed by atoms with Crippen LogP contribution in [0.1, 0.15) is 13.8 Å². The number of carbonyl (C=O) groups is 1. The molecule has 94 valence electrons. The zero-order chi connectivity index (χ0) is 12.8. The smallest absolute Gasteiger partial charge is 0.232 e. The number of halogens is 1. The van der Waals surface area contributed by atoms with Gasteiger partial charge >= 0.3 is 0 Å². The molecule has 0 spiro atoms. The molecule has 0 unspecified atom stereocenters. The fraction of sp³-hybridized carbons (Fsp3) is 0.417. The van der Waals surface area contributed by atoms with Gasteiger partial charge in [-0.25, -0.2) is 0 Å². The molecule has 0 aromatic heterocycles. The van der Waals surface area contributed by atoms with Crippen molar-refractivity contribution in [3.63, 3.8) is 0 Å². The molecule has 0 atom stereocenters. The minimum atomic E-state index is 0.110. The summed E-state index contributed by atoms with van der Waals surface area (Å²) in [7, 11) is 0. The molecule has 0 saturated carbocycles. The topological polar surface area (TPSA) is 46.3 Å². The first-order valence-corrected chi connectivity index (χ1v) is 6.91. The van der Waals surface area contributed by atoms with E-state index in [1.54, 1.807) is 23.1 Å². The van der Waals surface area contributed by atoms with Crippen LogP contribution >= 0.6 is 23.4 Å². The lowest BCUT2D eigenvalue weighted by molar-refractivity contribution is -0.127. The second-order valence-corrected chi connectivity index (χ2v) is 4.91. The summed E-state index contributed by atoms with van der Waals surface area (Å²) in [5, 5.41) is 0.599. The molecule has 1 amide bonds. The Morgan fingerprint density at radius 2 is 2.06 bits per heavy atom. The van der Waals surface area contributed by atoms with Crippen molar-refractivity contribution in [3.05, 3.63) is 23.2 Å². The largest absolute Gasteiger partial charge is 0.398 e. The monoisotopic (exact) mass is 272 g/mol. The van der Waals surface area contributed by atoms with Gasteiger partial charge in [-0.2, -0.15) is 0 Å². The van der Waals surface area contributed by atoms with Crippen molar-refractivity contribution < 1.29 is 4.79 Å². The number of nitrogens with zero attached hydrogens (tertiary/aromatic N) is 1. The zero-order valence-corrected chi connectivity index (χ0v) is 11.6. The Balaban J connectivity index is 2.64. The van der Waals surface area contributed by atoms with Crippen LogP contribution < -0.4 is 5.73 Å². The van der Waals surface area contributed by atoms with Gasteiger partial charge in [0.05, 0.1) is 10.8 Å². The number of hydrogen-bond acceptors (Lipinski definition) is 3. The molecule has 2 N–H and O–H groups in total. The number of carbonyl (C=O) groups excluding carboxylic acids is 1. The molecule has 0 aliphatic rings. The molecular formula is C12H17ClN2OS. The Hall–Kier alpha value is -0.870. The second-order valence-electron chi connectivity index (χ2n) is 3.51. The summed E-state index contributed by atoms with van der Waals surface area (Å²) in [6.07, 6.45) is 0. The lowest BCUT2D eigenvalue weighted by Gasteiger charge is -2.18. The SMILES string of the molecule is CCN(CC)C(=O)CSc1c(N)cccc1Cl. The minimum absolute atomic E-state index is 0.110. The fourth-order valence-electron chi connectivity index (χ4n) is 1.48. The second kappa shape index (κ2) is 6.77. The average Bonchev–Trinajstić information content (AvgIpc) is 2.30. The molecule has 0 saturated heterocycles. The van der Waals surface area contributed by atoms with Crippen LogP contribution in [0.25, 0.3) is 0 Å². The first-order chi connectivity index (χ1) is 8.10. The van der Waals surface area contributed by atoms with Gasteiger partial charge in [0.2, 0.25) is 5.91 Å². The standard InChI is InChI=1S/C12H17ClN2OS/c1-3-15(4-2)11(16)8-17-12-9(13)6-5-7-10(12)14/h5-7H,3-4,8,14H2,1-2H3. The summed E-state index contributed by atoms with van der Waals surface area (Å²) in [6.45, 7) is 5.40. The van der Waals surface area contributed by atoms with Gasteiger partial charge in [0.25, 0.3) is 0 Å². The van der Waals surface area contributed by atoms with Crippen molar-refractivity contribution in [1.82, 2.24) is 4.90 Å². The number of thioether (sulfide) groups is 1. The van der Waals surface area contributed by atoms with Crippen LogP contribution in [0.2, 0.25) is 5.02 Å². The maximum atomic E-state index is 11.8. The van der Waals surface area contributed by atoms with Crippen molar-refractivity contribution >= 4 is 35.0 Å². The highest BCUT2D eigenvalue weighted by atomic mass is 35.5. The van der Waals surface area contributed by atoms with Gasteiger partial charge in [0.1, 0.15) is 0 Å². The highest BCUT2D eigenvalue weighted by Gasteiger charge is 2.12. The number of nitrogens with two attached hydrogens (primary N) is 1. The van der Waals surface area contributed by atoms with Crippen LogP contribution in [0, 0.1) is 0 Å². The number of hydrogen-bond donors (Lipinski definition) is 1. The van der Waals surface area contributed by atoms with Crippen LogP contribution in [0.4, 0.5) is 5.69 Å². The Kier molecular flexibility index (Phi) is 5.65. The molecule has 1 aromatic carbocycles. The van der Waals surface area contributed by atoms with Gasteiger partial charge in [-0.1, -0.05) is 17.7 Å². The van der Waals surface area contributed by atoms with E-state index in [0.29, 0.717) is 16.5 Å². The number of amides is 1. The summed E-state index contributed by atoms with van der Waals surface area (Å²) < 4.78 is 0. The summed E-state index contributed by atoms with van der Waals surface area (Å²) in [5.41, 5.74) is 6.44.